The average molecular weight is 579 g/mol. The van der Waals surface area contributed by atoms with Crippen LogP contribution < -0.4 is 0 Å². The van der Waals surface area contributed by atoms with Crippen molar-refractivity contribution in [3.8, 4) is 0 Å². The molecule has 4 rings (SSSR count). The number of hydrogen-bond donors (Lipinski definition) is 0. The van der Waals surface area contributed by atoms with E-state index < -0.39 is 33.5 Å². The van der Waals surface area contributed by atoms with Crippen molar-refractivity contribution in [2.75, 3.05) is 0 Å². The van der Waals surface area contributed by atoms with Crippen LogP contribution in [0.1, 0.15) is 39.5 Å². The first-order valence-electron chi connectivity index (χ1n) is 11.7. The van der Waals surface area contributed by atoms with Gasteiger partial charge in [-0.2, -0.15) is 0 Å². The third kappa shape index (κ3) is 4.07. The third-order valence-corrected chi connectivity index (χ3v) is 34.1. The Kier molecular flexibility index (Phi) is 7.63. The predicted octanol–water partition coefficient (Wildman–Crippen LogP) is 8.34. The summed E-state index contributed by atoms with van der Waals surface area (Å²) in [5, 5.41) is 3.76. The van der Waals surface area contributed by atoms with Crippen LogP contribution in [-0.2, 0) is 17.4 Å². The zero-order valence-corrected chi connectivity index (χ0v) is 28.1. The van der Waals surface area contributed by atoms with Crippen LogP contribution in [0.5, 0.6) is 0 Å². The zero-order chi connectivity index (χ0) is 20.7. The van der Waals surface area contributed by atoms with Crippen LogP contribution in [0, 0.1) is 0 Å². The Hall–Kier alpha value is 1.07. The van der Waals surface area contributed by atoms with Gasteiger partial charge in [-0.15, -0.1) is 24.8 Å². The molecule has 170 valence electrons. The van der Waals surface area contributed by atoms with Gasteiger partial charge in [-0.25, -0.2) is 0 Å². The summed E-state index contributed by atoms with van der Waals surface area (Å²) < 4.78 is 7.38. The number of rotatable bonds is 2. The minimum atomic E-state index is -3.10. The van der Waals surface area contributed by atoms with Gasteiger partial charge in [-0.3, -0.25) is 0 Å². The van der Waals surface area contributed by atoms with Gasteiger partial charge in [0.25, 0.3) is 0 Å². The average Bonchev–Trinajstić information content (AvgIpc) is 3.06. The Bertz CT molecular complexity index is 873. The summed E-state index contributed by atoms with van der Waals surface area (Å²) in [4.78, 5) is 0. The van der Waals surface area contributed by atoms with Crippen molar-refractivity contribution in [3.05, 3.63) is 44.8 Å². The molecule has 6 heteroatoms. The molecular weight excluding hydrogens is 535 g/mol. The fraction of sp³-hybridized carbons (Fsp3) is 0.667. The second-order valence-electron chi connectivity index (χ2n) is 12.9. The Morgan fingerprint density at radius 2 is 1.10 bits per heavy atom. The number of halogens is 2. The smallest absolute Gasteiger partial charge is 0.147 e. The van der Waals surface area contributed by atoms with Gasteiger partial charge in [-0.05, 0) is 0 Å². The maximum absolute atomic E-state index is 3.10. The molecule has 0 saturated carbocycles. The molecule has 0 aromatic heterocycles. The summed E-state index contributed by atoms with van der Waals surface area (Å²) in [5.41, 5.74) is 7.40. The van der Waals surface area contributed by atoms with E-state index in [4.69, 9.17) is 0 Å². The van der Waals surface area contributed by atoms with Crippen molar-refractivity contribution >= 4 is 47.8 Å². The Morgan fingerprint density at radius 1 is 0.767 bits per heavy atom. The second kappa shape index (κ2) is 8.38. The van der Waals surface area contributed by atoms with E-state index in [1.54, 1.807) is 11.1 Å². The summed E-state index contributed by atoms with van der Waals surface area (Å²) in [6.45, 7) is 18.1. The van der Waals surface area contributed by atoms with Gasteiger partial charge in [0.15, 0.2) is 0 Å². The first-order chi connectivity index (χ1) is 12.7. The molecule has 2 aliphatic carbocycles. The zero-order valence-electron chi connectivity index (χ0n) is 20.6. The van der Waals surface area contributed by atoms with Crippen LogP contribution in [0.25, 0.3) is 0 Å². The molecule has 0 amide bonds. The van der Waals surface area contributed by atoms with Crippen molar-refractivity contribution in [1.29, 1.82) is 0 Å². The second-order valence-corrected chi connectivity index (χ2v) is 53.0. The molecule has 0 radical (unpaired) electrons. The molecule has 0 aromatic rings. The summed E-state index contributed by atoms with van der Waals surface area (Å²) in [6, 6.07) is 3.01. The first kappa shape index (κ1) is 27.3. The van der Waals surface area contributed by atoms with E-state index in [1.807, 2.05) is 21.5 Å². The molecule has 2 aliphatic heterocycles. The quantitative estimate of drug-likeness (QED) is 0.289. The van der Waals surface area contributed by atoms with Gasteiger partial charge in [0.05, 0.1) is 0 Å². The van der Waals surface area contributed by atoms with Crippen molar-refractivity contribution in [2.45, 2.75) is 94.3 Å². The minimum Gasteiger partial charge on any atom is -0.147 e. The minimum absolute atomic E-state index is 0. The Labute approximate surface area is 202 Å². The van der Waals surface area contributed by atoms with Crippen LogP contribution in [0.2, 0.25) is 54.8 Å². The summed E-state index contributed by atoms with van der Waals surface area (Å²) >= 11 is -3.10. The predicted molar refractivity (Wildman–Crippen MR) is 147 cm³/mol. The molecule has 2 atom stereocenters. The standard InChI is InChI=1S/2C11H17Si.2CH3.2ClH.H2Si.Zr/c2*1-9-7-10-5-4-6-12(2,3)11(10)8-9;;;;;;/h2*7-8H,4-6H2,1-3H3;2*1H3;2*1H;1H2;. The largest absolute Gasteiger partial charge is 0.147 e. The van der Waals surface area contributed by atoms with Gasteiger partial charge < -0.3 is 0 Å². The van der Waals surface area contributed by atoms with E-state index in [1.165, 1.54) is 37.8 Å². The molecule has 0 N–H and O–H groups in total. The molecule has 0 aromatic carbocycles. The maximum Gasteiger partial charge on any atom is -0.147 e. The van der Waals surface area contributed by atoms with Crippen molar-refractivity contribution in [1.82, 2.24) is 0 Å². The summed E-state index contributed by atoms with van der Waals surface area (Å²) in [5.74, 6) is 0. The molecule has 0 spiro atoms. The fourth-order valence-corrected chi connectivity index (χ4v) is 37.3. The first-order valence-corrected chi connectivity index (χ1v) is 31.7. The van der Waals surface area contributed by atoms with Crippen LogP contribution >= 0.6 is 24.8 Å². The van der Waals surface area contributed by atoms with Crippen LogP contribution in [0.4, 0.5) is 0 Å². The maximum atomic E-state index is 2.85. The number of hydrogen-bond acceptors (Lipinski definition) is 0. The topological polar surface area (TPSA) is 0 Å². The third-order valence-electron chi connectivity index (χ3n) is 8.89. The molecule has 2 heterocycles. The summed E-state index contributed by atoms with van der Waals surface area (Å²) in [7, 11) is -2.42. The van der Waals surface area contributed by atoms with Gasteiger partial charge in [0.1, 0.15) is 0 Å². The molecular formula is C24H44Cl2Si3Zr. The normalized spacial score (nSPS) is 30.0. The Balaban J connectivity index is 0.00000160. The van der Waals surface area contributed by atoms with E-state index in [-0.39, 0.29) is 24.8 Å². The molecule has 2 unspecified atom stereocenters. The summed E-state index contributed by atoms with van der Waals surface area (Å²) in [6.07, 6.45) is 11.1. The van der Waals surface area contributed by atoms with Crippen molar-refractivity contribution < 1.29 is 17.4 Å². The molecule has 30 heavy (non-hydrogen) atoms. The van der Waals surface area contributed by atoms with Crippen LogP contribution in [0.3, 0.4) is 0 Å². The van der Waals surface area contributed by atoms with E-state index in [2.05, 4.69) is 68.3 Å². The Morgan fingerprint density at radius 3 is 1.43 bits per heavy atom. The number of allylic oxidation sites excluding steroid dienone is 8. The van der Waals surface area contributed by atoms with Gasteiger partial charge in [0.2, 0.25) is 0 Å². The van der Waals surface area contributed by atoms with Crippen LogP contribution in [-0.4, -0.2) is 23.0 Å². The molecule has 0 fully saturated rings. The monoisotopic (exact) mass is 576 g/mol. The van der Waals surface area contributed by atoms with Gasteiger partial charge in [-0.1, -0.05) is 0 Å². The SMILES string of the molecule is CC1=CC2=C(CCC[Si]2(C)C)[CH]1[Zr]([CH3])([CH3])(=[SiH2])[CH]1C(C)=CC2=C1CCC[Si]2(C)C.Cl.Cl. The molecule has 0 nitrogen and oxygen atoms in total. The van der Waals surface area contributed by atoms with Gasteiger partial charge >= 0.3 is 180 Å². The van der Waals surface area contributed by atoms with E-state index in [9.17, 15) is 0 Å². The molecule has 0 saturated heterocycles. The van der Waals surface area contributed by atoms with E-state index in [0.717, 1.165) is 7.25 Å². The molecule has 0 bridgehead atoms. The van der Waals surface area contributed by atoms with E-state index in [0.29, 0.717) is 0 Å². The molecule has 4 aliphatic rings. The van der Waals surface area contributed by atoms with Crippen molar-refractivity contribution in [2.24, 2.45) is 0 Å². The fourth-order valence-electron chi connectivity index (χ4n) is 8.00. The van der Waals surface area contributed by atoms with Crippen molar-refractivity contribution in [3.63, 3.8) is 0 Å². The van der Waals surface area contributed by atoms with Crippen LogP contribution in [0.15, 0.2) is 44.8 Å². The van der Waals surface area contributed by atoms with Gasteiger partial charge in [0, 0.05) is 0 Å². The van der Waals surface area contributed by atoms with E-state index >= 15 is 0 Å².